The summed E-state index contributed by atoms with van der Waals surface area (Å²) < 4.78 is 0. The molecule has 28 heavy (non-hydrogen) atoms. The Labute approximate surface area is 180 Å². The molecule has 146 valence electrons. The third-order valence-corrected chi connectivity index (χ3v) is 5.64. The molecule has 1 fully saturated rings. The number of nitrogens with zero attached hydrogens (tertiary/aromatic N) is 1. The normalized spacial score (nSPS) is 19.0. The van der Waals surface area contributed by atoms with Gasteiger partial charge in [-0.3, -0.25) is 14.5 Å². The zero-order chi connectivity index (χ0) is 20.6. The van der Waals surface area contributed by atoms with Gasteiger partial charge in [-0.05, 0) is 31.2 Å². The molecule has 0 radical (unpaired) electrons. The van der Waals surface area contributed by atoms with Crippen LogP contribution >= 0.6 is 46.4 Å². The Bertz CT molecular complexity index is 998. The highest BCUT2D eigenvalue weighted by Crippen LogP contribution is 2.35. The van der Waals surface area contributed by atoms with Crippen molar-refractivity contribution in [2.24, 2.45) is 0 Å². The molecule has 1 unspecified atom stereocenters. The smallest absolute Gasteiger partial charge is 0.323 e. The van der Waals surface area contributed by atoms with E-state index in [4.69, 9.17) is 46.4 Å². The first-order valence-electron chi connectivity index (χ1n) is 7.97. The van der Waals surface area contributed by atoms with E-state index < -0.39 is 29.9 Å². The average molecular weight is 461 g/mol. The number of urea groups is 1. The minimum absolute atomic E-state index is 0.160. The molecule has 4 amide bonds. The quantitative estimate of drug-likeness (QED) is 0.648. The van der Waals surface area contributed by atoms with Gasteiger partial charge in [-0.1, -0.05) is 58.5 Å². The zero-order valence-electron chi connectivity index (χ0n) is 14.4. The lowest BCUT2D eigenvalue weighted by molar-refractivity contribution is -0.133. The lowest BCUT2D eigenvalue weighted by atomic mass is 9.92. The third kappa shape index (κ3) is 3.78. The summed E-state index contributed by atoms with van der Waals surface area (Å²) in [5.41, 5.74) is -0.778. The molecule has 1 aliphatic rings. The molecule has 0 bridgehead atoms. The minimum Gasteiger partial charge on any atom is -0.323 e. The SMILES string of the molecule is CC1(c2ccc(Cl)cc2Cl)NC(=O)N(CC(=O)Nc2cccc(Cl)c2Cl)C1=O. The second-order valence-corrected chi connectivity index (χ2v) is 7.85. The molecule has 0 aromatic heterocycles. The van der Waals surface area contributed by atoms with E-state index in [0.717, 1.165) is 4.90 Å². The maximum absolute atomic E-state index is 12.9. The highest BCUT2D eigenvalue weighted by Gasteiger charge is 2.50. The van der Waals surface area contributed by atoms with E-state index in [1.54, 1.807) is 30.3 Å². The van der Waals surface area contributed by atoms with Crippen molar-refractivity contribution < 1.29 is 14.4 Å². The van der Waals surface area contributed by atoms with Crippen molar-refractivity contribution in [2.45, 2.75) is 12.5 Å². The summed E-state index contributed by atoms with van der Waals surface area (Å²) in [5.74, 6) is -1.23. The predicted octanol–water partition coefficient (Wildman–Crippen LogP) is 4.71. The summed E-state index contributed by atoms with van der Waals surface area (Å²) in [6, 6.07) is 8.60. The van der Waals surface area contributed by atoms with Gasteiger partial charge < -0.3 is 10.6 Å². The molecule has 2 aromatic rings. The number of halogens is 4. The number of hydrogen-bond donors (Lipinski definition) is 2. The molecule has 0 aliphatic carbocycles. The van der Waals surface area contributed by atoms with E-state index in [1.165, 1.54) is 13.0 Å². The Morgan fingerprint density at radius 1 is 1.11 bits per heavy atom. The van der Waals surface area contributed by atoms with Crippen LogP contribution in [-0.4, -0.2) is 29.3 Å². The molecule has 6 nitrogen and oxygen atoms in total. The van der Waals surface area contributed by atoms with Crippen LogP contribution in [0, 0.1) is 0 Å². The fourth-order valence-electron chi connectivity index (χ4n) is 2.85. The van der Waals surface area contributed by atoms with Gasteiger partial charge in [0.2, 0.25) is 5.91 Å². The van der Waals surface area contributed by atoms with Crippen LogP contribution in [0.5, 0.6) is 0 Å². The van der Waals surface area contributed by atoms with Crippen molar-refractivity contribution in [1.29, 1.82) is 0 Å². The highest BCUT2D eigenvalue weighted by molar-refractivity contribution is 6.44. The van der Waals surface area contributed by atoms with Gasteiger partial charge in [0.1, 0.15) is 12.1 Å². The molecule has 0 spiro atoms. The first-order valence-corrected chi connectivity index (χ1v) is 9.48. The Balaban J connectivity index is 1.80. The van der Waals surface area contributed by atoms with Gasteiger partial charge >= 0.3 is 6.03 Å². The molecule has 2 N–H and O–H groups in total. The summed E-state index contributed by atoms with van der Waals surface area (Å²) in [7, 11) is 0. The topological polar surface area (TPSA) is 78.5 Å². The van der Waals surface area contributed by atoms with Crippen LogP contribution in [0.2, 0.25) is 20.1 Å². The molecular weight excluding hydrogens is 448 g/mol. The molecule has 10 heteroatoms. The molecule has 1 saturated heterocycles. The maximum Gasteiger partial charge on any atom is 0.325 e. The standard InChI is InChI=1S/C18H13Cl4N3O3/c1-18(10-6-5-9(19)7-12(10)21)16(27)25(17(28)24-18)8-14(26)23-13-4-2-3-11(20)15(13)22/h2-7H,8H2,1H3,(H,23,26)(H,24,28). The van der Waals surface area contributed by atoms with Gasteiger partial charge in [0.15, 0.2) is 0 Å². The van der Waals surface area contributed by atoms with Gasteiger partial charge in [-0.15, -0.1) is 0 Å². The predicted molar refractivity (Wildman–Crippen MR) is 109 cm³/mol. The van der Waals surface area contributed by atoms with Gasteiger partial charge in [0.05, 0.1) is 15.7 Å². The van der Waals surface area contributed by atoms with Crippen molar-refractivity contribution in [3.63, 3.8) is 0 Å². The number of carbonyl (C=O) groups is 3. The number of hydrogen-bond acceptors (Lipinski definition) is 3. The summed E-state index contributed by atoms with van der Waals surface area (Å²) in [4.78, 5) is 38.4. The van der Waals surface area contributed by atoms with Crippen molar-refractivity contribution >= 4 is 69.9 Å². The first kappa shape index (κ1) is 20.7. The van der Waals surface area contributed by atoms with Crippen molar-refractivity contribution in [2.75, 3.05) is 11.9 Å². The van der Waals surface area contributed by atoms with Crippen molar-refractivity contribution in [1.82, 2.24) is 10.2 Å². The number of nitrogens with one attached hydrogen (secondary N) is 2. The number of anilines is 1. The third-order valence-electron chi connectivity index (χ3n) is 4.27. The molecule has 2 aromatic carbocycles. The van der Waals surface area contributed by atoms with E-state index in [-0.39, 0.29) is 20.8 Å². The lowest BCUT2D eigenvalue weighted by Gasteiger charge is -2.23. The van der Waals surface area contributed by atoms with Crippen LogP contribution in [-0.2, 0) is 15.1 Å². The highest BCUT2D eigenvalue weighted by atomic mass is 35.5. The van der Waals surface area contributed by atoms with Crippen LogP contribution in [0.4, 0.5) is 10.5 Å². The Hall–Kier alpha value is -1.99. The Kier molecular flexibility index (Phi) is 5.77. The molecule has 3 rings (SSSR count). The Morgan fingerprint density at radius 2 is 1.82 bits per heavy atom. The molecule has 1 heterocycles. The zero-order valence-corrected chi connectivity index (χ0v) is 17.4. The van der Waals surface area contributed by atoms with Crippen LogP contribution in [0.3, 0.4) is 0 Å². The largest absolute Gasteiger partial charge is 0.325 e. The molecule has 1 atom stereocenters. The summed E-state index contributed by atoms with van der Waals surface area (Å²) in [5, 5.41) is 6.15. The van der Waals surface area contributed by atoms with E-state index in [2.05, 4.69) is 10.6 Å². The van der Waals surface area contributed by atoms with Gasteiger partial charge in [-0.25, -0.2) is 4.79 Å². The van der Waals surface area contributed by atoms with E-state index in [0.29, 0.717) is 10.6 Å². The second-order valence-electron chi connectivity index (χ2n) is 6.22. The lowest BCUT2D eigenvalue weighted by Crippen LogP contribution is -2.42. The van der Waals surface area contributed by atoms with Crippen LogP contribution in [0.15, 0.2) is 36.4 Å². The van der Waals surface area contributed by atoms with Crippen LogP contribution in [0.1, 0.15) is 12.5 Å². The number of carbonyl (C=O) groups excluding carboxylic acids is 3. The number of benzene rings is 2. The van der Waals surface area contributed by atoms with Gasteiger partial charge in [0, 0.05) is 15.6 Å². The van der Waals surface area contributed by atoms with E-state index in [9.17, 15) is 14.4 Å². The van der Waals surface area contributed by atoms with E-state index >= 15 is 0 Å². The minimum atomic E-state index is -1.42. The fraction of sp³-hybridized carbons (Fsp3) is 0.167. The molecule has 0 saturated carbocycles. The monoisotopic (exact) mass is 459 g/mol. The number of rotatable bonds is 4. The first-order chi connectivity index (χ1) is 13.1. The summed E-state index contributed by atoms with van der Waals surface area (Å²) in [6.07, 6.45) is 0. The molecular formula is C18H13Cl4N3O3. The number of amides is 4. The van der Waals surface area contributed by atoms with Crippen molar-refractivity contribution in [3.8, 4) is 0 Å². The second kappa shape index (κ2) is 7.79. The van der Waals surface area contributed by atoms with Gasteiger partial charge in [0.25, 0.3) is 5.91 Å². The fourth-order valence-corrected chi connectivity index (χ4v) is 3.80. The Morgan fingerprint density at radius 3 is 2.50 bits per heavy atom. The summed E-state index contributed by atoms with van der Waals surface area (Å²) >= 11 is 24.0. The van der Waals surface area contributed by atoms with Crippen LogP contribution in [0.25, 0.3) is 0 Å². The van der Waals surface area contributed by atoms with Gasteiger partial charge in [-0.2, -0.15) is 0 Å². The van der Waals surface area contributed by atoms with E-state index in [1.807, 2.05) is 0 Å². The average Bonchev–Trinajstić information content (AvgIpc) is 2.82. The van der Waals surface area contributed by atoms with Crippen molar-refractivity contribution in [3.05, 3.63) is 62.1 Å². The maximum atomic E-state index is 12.9. The molecule has 1 aliphatic heterocycles. The van der Waals surface area contributed by atoms with Crippen LogP contribution < -0.4 is 10.6 Å². The number of imide groups is 1. The summed E-state index contributed by atoms with van der Waals surface area (Å²) in [6.45, 7) is 1.00.